The lowest BCUT2D eigenvalue weighted by atomic mass is 10.3. The molecule has 0 spiro atoms. The van der Waals surface area contributed by atoms with Crippen LogP contribution in [0.25, 0.3) is 11.4 Å². The van der Waals surface area contributed by atoms with Crippen LogP contribution >= 0.6 is 11.3 Å². The van der Waals surface area contributed by atoms with Crippen LogP contribution < -0.4 is 11.1 Å². The van der Waals surface area contributed by atoms with E-state index in [9.17, 15) is 0 Å². The first-order valence-corrected chi connectivity index (χ1v) is 8.03. The van der Waals surface area contributed by atoms with Gasteiger partial charge in [-0.15, -0.1) is 11.3 Å². The Bertz CT molecular complexity index is 770. The summed E-state index contributed by atoms with van der Waals surface area (Å²) in [6.07, 6.45) is 4.27. The molecule has 0 aliphatic heterocycles. The Morgan fingerprint density at radius 2 is 1.91 bits per heavy atom. The lowest BCUT2D eigenvalue weighted by molar-refractivity contribution is 0.921. The fourth-order valence-corrected chi connectivity index (χ4v) is 2.66. The molecule has 0 atom stereocenters. The second-order valence-electron chi connectivity index (χ2n) is 4.72. The Morgan fingerprint density at radius 3 is 2.65 bits per heavy atom. The van der Waals surface area contributed by atoms with E-state index in [1.165, 1.54) is 11.3 Å². The van der Waals surface area contributed by atoms with E-state index < -0.39 is 0 Å². The quantitative estimate of drug-likeness (QED) is 0.556. The number of nitrogens with two attached hydrogens (primary N) is 1. The summed E-state index contributed by atoms with van der Waals surface area (Å²) in [4.78, 5) is 17.3. The number of anilines is 1. The summed E-state index contributed by atoms with van der Waals surface area (Å²) >= 11 is 1.47. The Hall–Kier alpha value is -2.80. The molecule has 6 nitrogen and oxygen atoms in total. The summed E-state index contributed by atoms with van der Waals surface area (Å²) in [6, 6.07) is 11.6. The highest BCUT2D eigenvalue weighted by atomic mass is 32.1. The number of hydrogen-bond donors (Lipinski definition) is 2. The number of pyridine rings is 2. The molecule has 0 saturated heterocycles. The highest BCUT2D eigenvalue weighted by Crippen LogP contribution is 2.22. The first kappa shape index (κ1) is 15.1. The van der Waals surface area contributed by atoms with E-state index in [0.717, 1.165) is 23.5 Å². The van der Waals surface area contributed by atoms with E-state index in [1.807, 2.05) is 41.8 Å². The van der Waals surface area contributed by atoms with Gasteiger partial charge in [-0.3, -0.25) is 15.0 Å². The maximum absolute atomic E-state index is 5.89. The summed E-state index contributed by atoms with van der Waals surface area (Å²) in [5, 5.41) is 5.64. The van der Waals surface area contributed by atoms with Crippen LogP contribution in [0.1, 0.15) is 5.69 Å². The van der Waals surface area contributed by atoms with Crippen molar-refractivity contribution < 1.29 is 0 Å². The van der Waals surface area contributed by atoms with Gasteiger partial charge in [-0.25, -0.2) is 4.98 Å². The van der Waals surface area contributed by atoms with Gasteiger partial charge in [0.05, 0.1) is 5.69 Å². The molecule has 0 saturated carbocycles. The maximum atomic E-state index is 5.89. The molecule has 0 aromatic carbocycles. The summed E-state index contributed by atoms with van der Waals surface area (Å²) < 4.78 is 0. The minimum Gasteiger partial charge on any atom is -0.370 e. The van der Waals surface area contributed by atoms with Gasteiger partial charge in [0, 0.05) is 36.4 Å². The number of nitrogens with one attached hydrogen (secondary N) is 1. The molecule has 3 rings (SSSR count). The molecule has 3 N–H and O–H groups in total. The smallest absolute Gasteiger partial charge is 0.194 e. The second kappa shape index (κ2) is 7.46. The second-order valence-corrected chi connectivity index (χ2v) is 5.57. The van der Waals surface area contributed by atoms with E-state index >= 15 is 0 Å². The van der Waals surface area contributed by atoms with Gasteiger partial charge < -0.3 is 11.1 Å². The molecule has 0 fully saturated rings. The molecule has 0 bridgehead atoms. The van der Waals surface area contributed by atoms with E-state index in [1.54, 1.807) is 12.4 Å². The van der Waals surface area contributed by atoms with Gasteiger partial charge in [0.25, 0.3) is 0 Å². The number of guanidine groups is 1. The lowest BCUT2D eigenvalue weighted by Crippen LogP contribution is -2.23. The van der Waals surface area contributed by atoms with E-state index in [-0.39, 0.29) is 0 Å². The molecule has 3 heterocycles. The van der Waals surface area contributed by atoms with Crippen LogP contribution in [0, 0.1) is 0 Å². The zero-order valence-corrected chi connectivity index (χ0v) is 13.2. The molecule has 3 aromatic rings. The Labute approximate surface area is 138 Å². The summed E-state index contributed by atoms with van der Waals surface area (Å²) in [5.41, 5.74) is 8.54. The maximum Gasteiger partial charge on any atom is 0.194 e. The lowest BCUT2D eigenvalue weighted by Gasteiger charge is -2.01. The molecule has 0 unspecified atom stereocenters. The molecule has 0 amide bonds. The van der Waals surface area contributed by atoms with Gasteiger partial charge in [0.2, 0.25) is 0 Å². The molecular weight excluding hydrogens is 308 g/mol. The van der Waals surface area contributed by atoms with Crippen LogP contribution in [0.15, 0.2) is 59.2 Å². The molecule has 7 heteroatoms. The van der Waals surface area contributed by atoms with Crippen LogP contribution in [0.4, 0.5) is 5.13 Å². The summed E-state index contributed by atoms with van der Waals surface area (Å²) in [6.45, 7) is 0.578. The van der Waals surface area contributed by atoms with Crippen molar-refractivity contribution in [3.05, 3.63) is 59.9 Å². The van der Waals surface area contributed by atoms with E-state index in [0.29, 0.717) is 17.6 Å². The van der Waals surface area contributed by atoms with Crippen molar-refractivity contribution in [2.75, 3.05) is 11.9 Å². The molecule has 0 radical (unpaired) electrons. The first-order valence-electron chi connectivity index (χ1n) is 7.15. The third kappa shape index (κ3) is 4.33. The normalized spacial score (nSPS) is 11.4. The fourth-order valence-electron chi connectivity index (χ4n) is 1.95. The van der Waals surface area contributed by atoms with Gasteiger partial charge in [-0.1, -0.05) is 12.1 Å². The van der Waals surface area contributed by atoms with Crippen molar-refractivity contribution in [1.29, 1.82) is 0 Å². The van der Waals surface area contributed by atoms with Crippen molar-refractivity contribution in [3.8, 4) is 11.4 Å². The average molecular weight is 324 g/mol. The van der Waals surface area contributed by atoms with Gasteiger partial charge in [0.1, 0.15) is 5.69 Å². The molecule has 0 aliphatic rings. The summed E-state index contributed by atoms with van der Waals surface area (Å²) in [7, 11) is 0. The van der Waals surface area contributed by atoms with Crippen LogP contribution in [0.3, 0.4) is 0 Å². The molecule has 23 heavy (non-hydrogen) atoms. The number of aromatic nitrogens is 3. The van der Waals surface area contributed by atoms with Crippen molar-refractivity contribution >= 4 is 22.4 Å². The topological polar surface area (TPSA) is 89.1 Å². The zero-order chi connectivity index (χ0) is 15.9. The van der Waals surface area contributed by atoms with Crippen LogP contribution in [-0.4, -0.2) is 27.5 Å². The number of nitrogens with zero attached hydrogens (tertiary/aromatic N) is 4. The van der Waals surface area contributed by atoms with Crippen molar-refractivity contribution in [2.45, 2.75) is 6.42 Å². The van der Waals surface area contributed by atoms with Crippen molar-refractivity contribution in [2.24, 2.45) is 10.7 Å². The SMILES string of the molecule is NC(=NCCc1ccccn1)Nc1nc(-c2ccccn2)cs1. The van der Waals surface area contributed by atoms with Crippen LogP contribution in [-0.2, 0) is 6.42 Å². The monoisotopic (exact) mass is 324 g/mol. The van der Waals surface area contributed by atoms with Gasteiger partial charge >= 0.3 is 0 Å². The van der Waals surface area contributed by atoms with Crippen LogP contribution in [0.2, 0.25) is 0 Å². The van der Waals surface area contributed by atoms with Crippen LogP contribution in [0.5, 0.6) is 0 Å². The Balaban J connectivity index is 1.56. The van der Waals surface area contributed by atoms with Gasteiger partial charge in [0.15, 0.2) is 11.1 Å². The molecule has 0 aliphatic carbocycles. The minimum atomic E-state index is 0.350. The van der Waals surface area contributed by atoms with E-state index in [4.69, 9.17) is 5.73 Å². The zero-order valence-electron chi connectivity index (χ0n) is 12.4. The predicted octanol–water partition coefficient (Wildman–Crippen LogP) is 2.57. The van der Waals surface area contributed by atoms with Gasteiger partial charge in [-0.05, 0) is 24.3 Å². The molecular formula is C16H16N6S. The van der Waals surface area contributed by atoms with E-state index in [2.05, 4.69) is 25.3 Å². The Kier molecular flexibility index (Phi) is 4.90. The third-order valence-corrected chi connectivity index (χ3v) is 3.80. The number of aliphatic imine (C=N–C) groups is 1. The average Bonchev–Trinajstić information content (AvgIpc) is 3.05. The standard InChI is InChI=1S/C16H16N6S/c17-15(20-10-7-12-5-1-3-8-18-12)22-16-21-14(11-23-16)13-6-2-4-9-19-13/h1-6,8-9,11H,7,10H2,(H3,17,20,21,22). The number of thiazole rings is 1. The van der Waals surface area contributed by atoms with Crippen molar-refractivity contribution in [3.63, 3.8) is 0 Å². The Morgan fingerprint density at radius 1 is 1.09 bits per heavy atom. The predicted molar refractivity (Wildman–Crippen MR) is 93.4 cm³/mol. The number of rotatable bonds is 5. The number of hydrogen-bond acceptors (Lipinski definition) is 5. The highest BCUT2D eigenvalue weighted by molar-refractivity contribution is 7.14. The third-order valence-electron chi connectivity index (χ3n) is 3.04. The highest BCUT2D eigenvalue weighted by Gasteiger charge is 2.05. The molecule has 116 valence electrons. The van der Waals surface area contributed by atoms with Crippen molar-refractivity contribution in [1.82, 2.24) is 15.0 Å². The first-order chi connectivity index (χ1) is 11.3. The minimum absolute atomic E-state index is 0.350. The largest absolute Gasteiger partial charge is 0.370 e. The fraction of sp³-hybridized carbons (Fsp3) is 0.125. The summed E-state index contributed by atoms with van der Waals surface area (Å²) in [5.74, 6) is 0.350. The van der Waals surface area contributed by atoms with Gasteiger partial charge in [-0.2, -0.15) is 0 Å². The molecule has 3 aromatic heterocycles.